The van der Waals surface area contributed by atoms with Crippen LogP contribution in [0.3, 0.4) is 0 Å². The van der Waals surface area contributed by atoms with E-state index in [0.29, 0.717) is 5.88 Å². The molecule has 0 aliphatic carbocycles. The van der Waals surface area contributed by atoms with Gasteiger partial charge in [-0.3, -0.25) is 0 Å². The van der Waals surface area contributed by atoms with E-state index in [4.69, 9.17) is 11.6 Å². The van der Waals surface area contributed by atoms with Crippen LogP contribution in [0.2, 0.25) is 0 Å². The molecule has 0 unspecified atom stereocenters. The summed E-state index contributed by atoms with van der Waals surface area (Å²) in [7, 11) is 0. The number of fused-ring (bicyclic) bond motifs is 1. The standard InChI is InChI=1S/C11H13ClN2/c1-9-13-10-5-2-3-6-11(10)14(9)8-4-7-12/h2-3,5-6H,4,7-8H2,1H3. The van der Waals surface area contributed by atoms with Crippen molar-refractivity contribution in [1.82, 2.24) is 9.55 Å². The minimum atomic E-state index is 0.700. The molecule has 0 atom stereocenters. The largest absolute Gasteiger partial charge is 0.328 e. The van der Waals surface area contributed by atoms with Crippen molar-refractivity contribution in [3.8, 4) is 0 Å². The Morgan fingerprint density at radius 1 is 1.36 bits per heavy atom. The monoisotopic (exact) mass is 208 g/mol. The molecule has 0 bridgehead atoms. The van der Waals surface area contributed by atoms with Gasteiger partial charge in [0.1, 0.15) is 5.82 Å². The number of imidazole rings is 1. The highest BCUT2D eigenvalue weighted by atomic mass is 35.5. The van der Waals surface area contributed by atoms with Crippen molar-refractivity contribution in [2.45, 2.75) is 19.9 Å². The topological polar surface area (TPSA) is 17.8 Å². The van der Waals surface area contributed by atoms with Gasteiger partial charge < -0.3 is 4.57 Å². The van der Waals surface area contributed by atoms with Crippen molar-refractivity contribution in [3.63, 3.8) is 0 Å². The van der Waals surface area contributed by atoms with E-state index < -0.39 is 0 Å². The van der Waals surface area contributed by atoms with Crippen molar-refractivity contribution in [1.29, 1.82) is 0 Å². The molecule has 0 saturated heterocycles. The maximum atomic E-state index is 5.69. The van der Waals surface area contributed by atoms with Gasteiger partial charge in [-0.15, -0.1) is 11.6 Å². The van der Waals surface area contributed by atoms with Crippen LogP contribution in [0.15, 0.2) is 24.3 Å². The minimum Gasteiger partial charge on any atom is -0.328 e. The van der Waals surface area contributed by atoms with Crippen LogP contribution in [0.1, 0.15) is 12.2 Å². The summed E-state index contributed by atoms with van der Waals surface area (Å²) in [5.41, 5.74) is 2.27. The first kappa shape index (κ1) is 9.53. The predicted octanol–water partition coefficient (Wildman–Crippen LogP) is 2.97. The van der Waals surface area contributed by atoms with Gasteiger partial charge in [-0.2, -0.15) is 0 Å². The van der Waals surface area contributed by atoms with Gasteiger partial charge in [0.05, 0.1) is 11.0 Å². The summed E-state index contributed by atoms with van der Waals surface area (Å²) in [6.07, 6.45) is 0.989. The summed E-state index contributed by atoms with van der Waals surface area (Å²) < 4.78 is 2.22. The molecule has 2 rings (SSSR count). The predicted molar refractivity (Wildman–Crippen MR) is 59.8 cm³/mol. The molecule has 0 spiro atoms. The lowest BCUT2D eigenvalue weighted by molar-refractivity contribution is 0.679. The van der Waals surface area contributed by atoms with Crippen LogP contribution in [0.5, 0.6) is 0 Å². The lowest BCUT2D eigenvalue weighted by Crippen LogP contribution is -2.00. The average Bonchev–Trinajstić information content (AvgIpc) is 2.51. The van der Waals surface area contributed by atoms with E-state index in [9.17, 15) is 0 Å². The summed E-state index contributed by atoms with van der Waals surface area (Å²) in [5.74, 6) is 1.77. The second kappa shape index (κ2) is 4.01. The number of halogens is 1. The summed E-state index contributed by atoms with van der Waals surface area (Å²) in [6, 6.07) is 8.20. The number of alkyl halides is 1. The van der Waals surface area contributed by atoms with Gasteiger partial charge in [0.25, 0.3) is 0 Å². The van der Waals surface area contributed by atoms with Crippen LogP contribution >= 0.6 is 11.6 Å². The van der Waals surface area contributed by atoms with Gasteiger partial charge in [-0.05, 0) is 25.5 Å². The molecular formula is C11H13ClN2. The number of aryl methyl sites for hydroxylation is 2. The zero-order chi connectivity index (χ0) is 9.97. The number of nitrogens with zero attached hydrogens (tertiary/aromatic N) is 2. The first-order chi connectivity index (χ1) is 6.83. The maximum absolute atomic E-state index is 5.69. The van der Waals surface area contributed by atoms with Crippen molar-refractivity contribution in [2.24, 2.45) is 0 Å². The molecule has 1 aromatic heterocycles. The molecule has 0 aliphatic heterocycles. The molecule has 0 amide bonds. The van der Waals surface area contributed by atoms with E-state index >= 15 is 0 Å². The van der Waals surface area contributed by atoms with Gasteiger partial charge in [0.2, 0.25) is 0 Å². The molecule has 2 nitrogen and oxygen atoms in total. The van der Waals surface area contributed by atoms with Crippen LogP contribution in [0, 0.1) is 6.92 Å². The third-order valence-corrected chi connectivity index (χ3v) is 2.63. The summed E-state index contributed by atoms with van der Waals surface area (Å²) in [5, 5.41) is 0. The fourth-order valence-electron chi connectivity index (χ4n) is 1.70. The van der Waals surface area contributed by atoms with E-state index in [1.807, 2.05) is 25.1 Å². The normalized spacial score (nSPS) is 11.0. The minimum absolute atomic E-state index is 0.700. The van der Waals surface area contributed by atoms with Crippen LogP contribution in [0.4, 0.5) is 0 Å². The van der Waals surface area contributed by atoms with Crippen molar-refractivity contribution in [3.05, 3.63) is 30.1 Å². The van der Waals surface area contributed by atoms with Crippen LogP contribution in [-0.2, 0) is 6.54 Å². The first-order valence-corrected chi connectivity index (χ1v) is 5.34. The quantitative estimate of drug-likeness (QED) is 0.710. The summed E-state index contributed by atoms with van der Waals surface area (Å²) >= 11 is 5.69. The number of hydrogen-bond acceptors (Lipinski definition) is 1. The van der Waals surface area contributed by atoms with Gasteiger partial charge in [-0.1, -0.05) is 12.1 Å². The molecule has 0 saturated carbocycles. The number of aromatic nitrogens is 2. The van der Waals surface area contributed by atoms with Gasteiger partial charge >= 0.3 is 0 Å². The molecule has 0 N–H and O–H groups in total. The number of para-hydroxylation sites is 2. The Bertz CT molecular complexity index is 434. The molecule has 0 fully saturated rings. The van der Waals surface area contributed by atoms with Crippen molar-refractivity contribution < 1.29 is 0 Å². The van der Waals surface area contributed by atoms with Gasteiger partial charge in [0.15, 0.2) is 0 Å². The molecule has 0 radical (unpaired) electrons. The molecule has 0 aliphatic rings. The molecule has 2 aromatic rings. The Morgan fingerprint density at radius 2 is 2.14 bits per heavy atom. The first-order valence-electron chi connectivity index (χ1n) is 4.81. The van der Waals surface area contributed by atoms with Crippen molar-refractivity contribution in [2.75, 3.05) is 5.88 Å². The molecule has 1 aromatic carbocycles. The Morgan fingerprint density at radius 3 is 2.93 bits per heavy atom. The van der Waals surface area contributed by atoms with Crippen molar-refractivity contribution >= 4 is 22.6 Å². The maximum Gasteiger partial charge on any atom is 0.106 e. The third kappa shape index (κ3) is 1.62. The van der Waals surface area contributed by atoms with Gasteiger partial charge in [-0.25, -0.2) is 4.98 Å². The summed E-state index contributed by atoms with van der Waals surface area (Å²) in [4.78, 5) is 4.49. The molecule has 1 heterocycles. The third-order valence-electron chi connectivity index (χ3n) is 2.36. The van der Waals surface area contributed by atoms with Crippen LogP contribution < -0.4 is 0 Å². The Kier molecular flexibility index (Phi) is 2.73. The zero-order valence-electron chi connectivity index (χ0n) is 8.20. The van der Waals surface area contributed by atoms with Crippen LogP contribution in [-0.4, -0.2) is 15.4 Å². The van der Waals surface area contributed by atoms with E-state index in [1.165, 1.54) is 5.52 Å². The van der Waals surface area contributed by atoms with E-state index in [0.717, 1.165) is 24.3 Å². The molecular weight excluding hydrogens is 196 g/mol. The second-order valence-corrected chi connectivity index (χ2v) is 3.72. The second-order valence-electron chi connectivity index (χ2n) is 3.34. The Balaban J connectivity index is 2.45. The Hall–Kier alpha value is -1.02. The Labute approximate surface area is 88.5 Å². The highest BCUT2D eigenvalue weighted by molar-refractivity contribution is 6.17. The fraction of sp³-hybridized carbons (Fsp3) is 0.364. The van der Waals surface area contributed by atoms with E-state index in [-0.39, 0.29) is 0 Å². The lowest BCUT2D eigenvalue weighted by Gasteiger charge is -2.04. The van der Waals surface area contributed by atoms with E-state index in [2.05, 4.69) is 15.6 Å². The number of hydrogen-bond donors (Lipinski definition) is 0. The fourth-order valence-corrected chi connectivity index (χ4v) is 1.82. The highest BCUT2D eigenvalue weighted by Crippen LogP contribution is 2.15. The molecule has 3 heteroatoms. The molecule has 74 valence electrons. The molecule has 14 heavy (non-hydrogen) atoms. The summed E-state index contributed by atoms with van der Waals surface area (Å²) in [6.45, 7) is 2.99. The zero-order valence-corrected chi connectivity index (χ0v) is 8.96. The average molecular weight is 209 g/mol. The van der Waals surface area contributed by atoms with Crippen LogP contribution in [0.25, 0.3) is 11.0 Å². The smallest absolute Gasteiger partial charge is 0.106 e. The SMILES string of the molecule is Cc1nc2ccccc2n1CCCCl. The van der Waals surface area contributed by atoms with E-state index in [1.54, 1.807) is 0 Å². The number of benzene rings is 1. The lowest BCUT2D eigenvalue weighted by atomic mass is 10.3. The van der Waals surface area contributed by atoms with Gasteiger partial charge in [0, 0.05) is 12.4 Å². The highest BCUT2D eigenvalue weighted by Gasteiger charge is 2.04. The number of rotatable bonds is 3.